The van der Waals surface area contributed by atoms with Crippen LogP contribution in [0.25, 0.3) is 0 Å². The van der Waals surface area contributed by atoms with Crippen LogP contribution in [0.4, 0.5) is 19.0 Å². The van der Waals surface area contributed by atoms with E-state index in [0.29, 0.717) is 19.0 Å². The topological polar surface area (TPSA) is 43.8 Å². The zero-order valence-corrected chi connectivity index (χ0v) is 15.9. The van der Waals surface area contributed by atoms with Gasteiger partial charge in [0.15, 0.2) is 5.96 Å². The summed E-state index contributed by atoms with van der Waals surface area (Å²) < 4.78 is 38.0. The molecule has 8 heteroatoms. The Kier molecular flexibility index (Phi) is 6.65. The standard InChI is InChI=1S/C19H24F3N5/c1-23-18(25-12-15-6-5-11-24-17(15)26(2)3)27(4)13-14-7-9-16(10-8-14)19(20,21)22/h5-11H,12-13H2,1-4H3,(H,23,25). The number of pyridine rings is 1. The fourth-order valence-corrected chi connectivity index (χ4v) is 2.68. The van der Waals surface area contributed by atoms with Crippen molar-refractivity contribution in [2.75, 3.05) is 33.1 Å². The Morgan fingerprint density at radius 1 is 1.11 bits per heavy atom. The molecule has 146 valence electrons. The van der Waals surface area contributed by atoms with Gasteiger partial charge >= 0.3 is 6.18 Å². The first kappa shape index (κ1) is 20.5. The predicted molar refractivity (Wildman–Crippen MR) is 102 cm³/mol. The number of alkyl halides is 3. The third-order valence-corrected chi connectivity index (χ3v) is 4.00. The van der Waals surface area contributed by atoms with Crippen LogP contribution in [-0.4, -0.2) is 44.0 Å². The lowest BCUT2D eigenvalue weighted by Crippen LogP contribution is -2.38. The van der Waals surface area contributed by atoms with Gasteiger partial charge in [-0.15, -0.1) is 0 Å². The van der Waals surface area contributed by atoms with Gasteiger partial charge in [0.1, 0.15) is 5.82 Å². The largest absolute Gasteiger partial charge is 0.416 e. The molecule has 1 aromatic carbocycles. The fraction of sp³-hybridized carbons (Fsp3) is 0.368. The van der Waals surface area contributed by atoms with E-state index in [1.54, 1.807) is 13.2 Å². The Morgan fingerprint density at radius 3 is 2.33 bits per heavy atom. The Hall–Kier alpha value is -2.77. The van der Waals surface area contributed by atoms with E-state index in [1.807, 2.05) is 43.1 Å². The van der Waals surface area contributed by atoms with Crippen LogP contribution < -0.4 is 10.2 Å². The molecule has 27 heavy (non-hydrogen) atoms. The SMILES string of the molecule is CN=C(NCc1cccnc1N(C)C)N(C)Cc1ccc(C(F)(F)F)cc1. The number of halogens is 3. The van der Waals surface area contributed by atoms with Crippen molar-refractivity contribution in [3.8, 4) is 0 Å². The summed E-state index contributed by atoms with van der Waals surface area (Å²) in [5, 5.41) is 3.27. The van der Waals surface area contributed by atoms with Crippen molar-refractivity contribution in [3.63, 3.8) is 0 Å². The van der Waals surface area contributed by atoms with E-state index in [4.69, 9.17) is 0 Å². The van der Waals surface area contributed by atoms with E-state index in [0.717, 1.165) is 29.1 Å². The summed E-state index contributed by atoms with van der Waals surface area (Å²) in [4.78, 5) is 12.4. The fourth-order valence-electron chi connectivity index (χ4n) is 2.68. The van der Waals surface area contributed by atoms with Crippen molar-refractivity contribution in [2.45, 2.75) is 19.3 Å². The van der Waals surface area contributed by atoms with Gasteiger partial charge in [-0.05, 0) is 23.8 Å². The van der Waals surface area contributed by atoms with Crippen LogP contribution in [0.2, 0.25) is 0 Å². The maximum atomic E-state index is 12.7. The van der Waals surface area contributed by atoms with Crippen molar-refractivity contribution >= 4 is 11.8 Å². The molecule has 2 rings (SSSR count). The summed E-state index contributed by atoms with van der Waals surface area (Å²) in [5.74, 6) is 1.51. The highest BCUT2D eigenvalue weighted by Gasteiger charge is 2.29. The first-order chi connectivity index (χ1) is 12.7. The Balaban J connectivity index is 2.01. The Morgan fingerprint density at radius 2 is 1.78 bits per heavy atom. The highest BCUT2D eigenvalue weighted by atomic mass is 19.4. The number of rotatable bonds is 5. The molecule has 0 amide bonds. The maximum Gasteiger partial charge on any atom is 0.416 e. The van der Waals surface area contributed by atoms with Crippen LogP contribution in [0.3, 0.4) is 0 Å². The van der Waals surface area contributed by atoms with Crippen LogP contribution in [-0.2, 0) is 19.3 Å². The number of anilines is 1. The van der Waals surface area contributed by atoms with Gasteiger partial charge in [-0.25, -0.2) is 4.98 Å². The second-order valence-electron chi connectivity index (χ2n) is 6.33. The van der Waals surface area contributed by atoms with Gasteiger partial charge in [0.05, 0.1) is 5.56 Å². The molecule has 0 aliphatic carbocycles. The van der Waals surface area contributed by atoms with Crippen LogP contribution in [0.15, 0.2) is 47.6 Å². The van der Waals surface area contributed by atoms with Crippen molar-refractivity contribution < 1.29 is 13.2 Å². The maximum absolute atomic E-state index is 12.7. The molecule has 0 saturated heterocycles. The Labute approximate surface area is 157 Å². The number of guanidine groups is 1. The van der Waals surface area contributed by atoms with Gasteiger partial charge in [-0.2, -0.15) is 13.2 Å². The molecule has 0 fully saturated rings. The summed E-state index contributed by atoms with van der Waals surface area (Å²) in [5.41, 5.74) is 1.14. The first-order valence-electron chi connectivity index (χ1n) is 8.41. The minimum Gasteiger partial charge on any atom is -0.362 e. The van der Waals surface area contributed by atoms with E-state index in [-0.39, 0.29) is 0 Å². The number of aliphatic imine (C=N–C) groups is 1. The lowest BCUT2D eigenvalue weighted by molar-refractivity contribution is -0.137. The average molecular weight is 379 g/mol. The molecule has 0 aliphatic heterocycles. The van der Waals surface area contributed by atoms with Gasteiger partial charge < -0.3 is 15.1 Å². The molecule has 0 bridgehead atoms. The van der Waals surface area contributed by atoms with Crippen LogP contribution >= 0.6 is 0 Å². The summed E-state index contributed by atoms with van der Waals surface area (Å²) in [6.45, 7) is 0.969. The van der Waals surface area contributed by atoms with Gasteiger partial charge in [0, 0.05) is 53.0 Å². The first-order valence-corrected chi connectivity index (χ1v) is 8.41. The second kappa shape index (κ2) is 8.75. The summed E-state index contributed by atoms with van der Waals surface area (Å²) in [7, 11) is 7.36. The number of aromatic nitrogens is 1. The van der Waals surface area contributed by atoms with E-state index in [1.165, 1.54) is 12.1 Å². The second-order valence-corrected chi connectivity index (χ2v) is 6.33. The quantitative estimate of drug-likeness (QED) is 0.639. The van der Waals surface area contributed by atoms with E-state index in [2.05, 4.69) is 15.3 Å². The summed E-state index contributed by atoms with van der Waals surface area (Å²) in [6.07, 6.45) is -2.58. The highest BCUT2D eigenvalue weighted by molar-refractivity contribution is 5.79. The number of hydrogen-bond donors (Lipinski definition) is 1. The van der Waals surface area contributed by atoms with Crippen molar-refractivity contribution in [3.05, 3.63) is 59.3 Å². The van der Waals surface area contributed by atoms with Crippen molar-refractivity contribution in [1.82, 2.24) is 15.2 Å². The summed E-state index contributed by atoms with van der Waals surface area (Å²) >= 11 is 0. The molecule has 0 unspecified atom stereocenters. The molecule has 0 saturated carbocycles. The van der Waals surface area contributed by atoms with Crippen molar-refractivity contribution in [2.24, 2.45) is 4.99 Å². The highest BCUT2D eigenvalue weighted by Crippen LogP contribution is 2.29. The van der Waals surface area contributed by atoms with Crippen LogP contribution in [0.5, 0.6) is 0 Å². The number of nitrogens with zero attached hydrogens (tertiary/aromatic N) is 4. The number of hydrogen-bond acceptors (Lipinski definition) is 3. The van der Waals surface area contributed by atoms with E-state index < -0.39 is 11.7 Å². The Bertz CT molecular complexity index is 770. The summed E-state index contributed by atoms with van der Waals surface area (Å²) in [6, 6.07) is 9.02. The van der Waals surface area contributed by atoms with Crippen LogP contribution in [0.1, 0.15) is 16.7 Å². The normalized spacial score (nSPS) is 12.0. The zero-order valence-electron chi connectivity index (χ0n) is 15.9. The molecular formula is C19H24F3N5. The van der Waals surface area contributed by atoms with E-state index in [9.17, 15) is 13.2 Å². The predicted octanol–water partition coefficient (Wildman–Crippen LogP) is 3.37. The molecule has 1 N–H and O–H groups in total. The number of nitrogens with one attached hydrogen (secondary N) is 1. The van der Waals surface area contributed by atoms with Gasteiger partial charge in [-0.3, -0.25) is 4.99 Å². The molecule has 0 aliphatic rings. The molecule has 1 aromatic heterocycles. The molecule has 0 atom stereocenters. The van der Waals surface area contributed by atoms with Gasteiger partial charge in [0.25, 0.3) is 0 Å². The number of benzene rings is 1. The van der Waals surface area contributed by atoms with Gasteiger partial charge in [0.2, 0.25) is 0 Å². The zero-order chi connectivity index (χ0) is 20.0. The lowest BCUT2D eigenvalue weighted by Gasteiger charge is -2.23. The molecule has 0 spiro atoms. The van der Waals surface area contributed by atoms with Crippen molar-refractivity contribution in [1.29, 1.82) is 0 Å². The average Bonchev–Trinajstić information content (AvgIpc) is 2.62. The minimum atomic E-state index is -4.32. The van der Waals surface area contributed by atoms with Gasteiger partial charge in [-0.1, -0.05) is 18.2 Å². The lowest BCUT2D eigenvalue weighted by atomic mass is 10.1. The third kappa shape index (κ3) is 5.60. The minimum absolute atomic E-state index is 0.436. The third-order valence-electron chi connectivity index (χ3n) is 4.00. The molecule has 2 aromatic rings. The van der Waals surface area contributed by atoms with Crippen LogP contribution in [0, 0.1) is 0 Å². The molecule has 0 radical (unpaired) electrons. The monoisotopic (exact) mass is 379 g/mol. The molecular weight excluding hydrogens is 355 g/mol. The molecule has 5 nitrogen and oxygen atoms in total. The van der Waals surface area contributed by atoms with E-state index >= 15 is 0 Å². The molecule has 1 heterocycles. The smallest absolute Gasteiger partial charge is 0.362 e.